The van der Waals surface area contributed by atoms with E-state index in [-0.39, 0.29) is 10.8 Å². The van der Waals surface area contributed by atoms with Crippen LogP contribution in [-0.2, 0) is 10.8 Å². The molecule has 0 nitrogen and oxygen atoms in total. The SMILES string of the molecule is C=C(/C=C/c1cc(C(C)(C)C)c(C)c(C(C)(C)C)c1)CCC(CC)(CC)CC. The molecule has 0 N–H and O–H groups in total. The van der Waals surface area contributed by atoms with Gasteiger partial charge in [0.05, 0.1) is 0 Å². The van der Waals surface area contributed by atoms with Crippen LogP contribution in [0.5, 0.6) is 0 Å². The van der Waals surface area contributed by atoms with E-state index < -0.39 is 0 Å². The highest BCUT2D eigenvalue weighted by molar-refractivity contribution is 5.58. The molecule has 0 saturated heterocycles. The van der Waals surface area contributed by atoms with Gasteiger partial charge >= 0.3 is 0 Å². The molecule has 0 fully saturated rings. The molecule has 0 heteroatoms. The van der Waals surface area contributed by atoms with Crippen LogP contribution in [0.25, 0.3) is 6.08 Å². The summed E-state index contributed by atoms with van der Waals surface area (Å²) >= 11 is 0. The highest BCUT2D eigenvalue weighted by Gasteiger charge is 2.24. The van der Waals surface area contributed by atoms with Gasteiger partial charge in [-0.25, -0.2) is 0 Å². The Kier molecular flexibility index (Phi) is 8.36. The highest BCUT2D eigenvalue weighted by atomic mass is 14.3. The van der Waals surface area contributed by atoms with E-state index in [2.05, 4.69) is 100 Å². The Morgan fingerprint density at radius 2 is 1.29 bits per heavy atom. The normalized spacial score (nSPS) is 13.4. The van der Waals surface area contributed by atoms with Crippen molar-refractivity contribution in [2.24, 2.45) is 5.41 Å². The van der Waals surface area contributed by atoms with Crippen molar-refractivity contribution in [3.63, 3.8) is 0 Å². The zero-order valence-corrected chi connectivity index (χ0v) is 20.6. The summed E-state index contributed by atoms with van der Waals surface area (Å²) in [5.41, 5.74) is 7.67. The molecule has 1 rings (SSSR count). The van der Waals surface area contributed by atoms with Crippen LogP contribution in [0.2, 0.25) is 0 Å². The van der Waals surface area contributed by atoms with Crippen molar-refractivity contribution in [2.45, 2.75) is 112 Å². The molecule has 0 spiro atoms. The van der Waals surface area contributed by atoms with E-state index in [1.165, 1.54) is 53.5 Å². The maximum Gasteiger partial charge on any atom is -0.0129 e. The molecule has 158 valence electrons. The molecule has 0 aliphatic carbocycles. The molecule has 0 radical (unpaired) electrons. The summed E-state index contributed by atoms with van der Waals surface area (Å²) in [7, 11) is 0. The number of hydrogen-bond donors (Lipinski definition) is 0. The molecule has 0 aromatic heterocycles. The lowest BCUT2D eigenvalue weighted by atomic mass is 9.75. The van der Waals surface area contributed by atoms with E-state index in [1.54, 1.807) is 0 Å². The van der Waals surface area contributed by atoms with Gasteiger partial charge in [-0.05, 0) is 58.3 Å². The van der Waals surface area contributed by atoms with Gasteiger partial charge in [-0.15, -0.1) is 0 Å². The van der Waals surface area contributed by atoms with Gasteiger partial charge in [0, 0.05) is 0 Å². The Bertz CT molecular complexity index is 638. The fraction of sp³-hybridized carbons (Fsp3) is 0.643. The number of allylic oxidation sites excluding steroid dienone is 2. The third-order valence-corrected chi connectivity index (χ3v) is 6.78. The van der Waals surface area contributed by atoms with Gasteiger partial charge in [0.1, 0.15) is 0 Å². The molecular formula is C28H46. The predicted molar refractivity (Wildman–Crippen MR) is 129 cm³/mol. The third kappa shape index (κ3) is 6.36. The van der Waals surface area contributed by atoms with Crippen LogP contribution in [0.4, 0.5) is 0 Å². The van der Waals surface area contributed by atoms with E-state index in [0.29, 0.717) is 5.41 Å². The van der Waals surface area contributed by atoms with E-state index in [0.717, 1.165) is 6.42 Å². The topological polar surface area (TPSA) is 0 Å². The van der Waals surface area contributed by atoms with Gasteiger partial charge in [0.15, 0.2) is 0 Å². The van der Waals surface area contributed by atoms with Crippen molar-refractivity contribution < 1.29 is 0 Å². The largest absolute Gasteiger partial charge is 0.0958 e. The summed E-state index contributed by atoms with van der Waals surface area (Å²) < 4.78 is 0. The zero-order valence-electron chi connectivity index (χ0n) is 20.6. The van der Waals surface area contributed by atoms with Crippen LogP contribution in [0.1, 0.15) is 117 Å². The van der Waals surface area contributed by atoms with Crippen LogP contribution < -0.4 is 0 Å². The first-order chi connectivity index (χ1) is 12.8. The second-order valence-corrected chi connectivity index (χ2v) is 10.8. The summed E-state index contributed by atoms with van der Waals surface area (Å²) in [4.78, 5) is 0. The summed E-state index contributed by atoms with van der Waals surface area (Å²) in [6.45, 7) is 27.5. The predicted octanol–water partition coefficient (Wildman–Crippen LogP) is 9.16. The Balaban J connectivity index is 3.12. The van der Waals surface area contributed by atoms with Gasteiger partial charge < -0.3 is 0 Å². The minimum Gasteiger partial charge on any atom is -0.0958 e. The molecule has 0 amide bonds. The van der Waals surface area contributed by atoms with E-state index >= 15 is 0 Å². The first kappa shape index (κ1) is 24.7. The van der Waals surface area contributed by atoms with Gasteiger partial charge in [0.2, 0.25) is 0 Å². The zero-order chi connectivity index (χ0) is 21.8. The number of rotatable bonds is 8. The minimum absolute atomic E-state index is 0.147. The summed E-state index contributed by atoms with van der Waals surface area (Å²) in [6.07, 6.45) is 10.6. The standard InChI is InChI=1S/C28H46/c1-12-28(13-2,14-3)18-17-21(4)15-16-23-19-24(26(6,7)8)22(5)25(20-23)27(9,10)11/h15-16,19-20H,4,12-14,17-18H2,1-3,5-11H3/b16-15+. The molecule has 0 bridgehead atoms. The average Bonchev–Trinajstić information content (AvgIpc) is 2.60. The average molecular weight is 383 g/mol. The second-order valence-electron chi connectivity index (χ2n) is 10.8. The van der Waals surface area contributed by atoms with Crippen LogP contribution in [0.3, 0.4) is 0 Å². The molecular weight excluding hydrogens is 336 g/mol. The molecule has 28 heavy (non-hydrogen) atoms. The molecule has 0 saturated carbocycles. The molecule has 1 aromatic rings. The smallest absolute Gasteiger partial charge is 0.0129 e. The van der Waals surface area contributed by atoms with E-state index in [4.69, 9.17) is 0 Å². The van der Waals surface area contributed by atoms with Crippen molar-refractivity contribution in [1.29, 1.82) is 0 Å². The second kappa shape index (κ2) is 9.47. The molecule has 0 aliphatic heterocycles. The maximum atomic E-state index is 4.35. The first-order valence-corrected chi connectivity index (χ1v) is 11.3. The van der Waals surface area contributed by atoms with Crippen molar-refractivity contribution in [1.82, 2.24) is 0 Å². The minimum atomic E-state index is 0.147. The van der Waals surface area contributed by atoms with Crippen molar-refractivity contribution in [3.8, 4) is 0 Å². The lowest BCUT2D eigenvalue weighted by Gasteiger charge is -2.30. The van der Waals surface area contributed by atoms with Crippen molar-refractivity contribution in [2.75, 3.05) is 0 Å². The van der Waals surface area contributed by atoms with Crippen molar-refractivity contribution in [3.05, 3.63) is 52.6 Å². The van der Waals surface area contributed by atoms with Crippen molar-refractivity contribution >= 4 is 6.08 Å². The molecule has 1 aromatic carbocycles. The van der Waals surface area contributed by atoms with Crippen LogP contribution in [0.15, 0.2) is 30.4 Å². The summed E-state index contributed by atoms with van der Waals surface area (Å²) in [5.74, 6) is 0. The number of hydrogen-bond acceptors (Lipinski definition) is 0. The Hall–Kier alpha value is -1.30. The summed E-state index contributed by atoms with van der Waals surface area (Å²) in [5, 5.41) is 0. The van der Waals surface area contributed by atoms with Crippen LogP contribution >= 0.6 is 0 Å². The summed E-state index contributed by atoms with van der Waals surface area (Å²) in [6, 6.07) is 4.76. The van der Waals surface area contributed by atoms with Crippen LogP contribution in [0, 0.1) is 12.3 Å². The Morgan fingerprint density at radius 1 is 0.857 bits per heavy atom. The fourth-order valence-electron chi connectivity index (χ4n) is 4.39. The molecule has 0 unspecified atom stereocenters. The monoisotopic (exact) mass is 382 g/mol. The lowest BCUT2D eigenvalue weighted by Crippen LogP contribution is -2.20. The maximum absolute atomic E-state index is 4.35. The number of benzene rings is 1. The molecule has 0 atom stereocenters. The van der Waals surface area contributed by atoms with E-state index in [9.17, 15) is 0 Å². The lowest BCUT2D eigenvalue weighted by molar-refractivity contribution is 0.229. The fourth-order valence-corrected chi connectivity index (χ4v) is 4.39. The van der Waals surface area contributed by atoms with Gasteiger partial charge in [-0.2, -0.15) is 0 Å². The first-order valence-electron chi connectivity index (χ1n) is 11.3. The molecule has 0 aliphatic rings. The van der Waals surface area contributed by atoms with Crippen LogP contribution in [-0.4, -0.2) is 0 Å². The Morgan fingerprint density at radius 3 is 1.64 bits per heavy atom. The van der Waals surface area contributed by atoms with Gasteiger partial charge in [-0.3, -0.25) is 0 Å². The highest BCUT2D eigenvalue weighted by Crippen LogP contribution is 2.37. The third-order valence-electron chi connectivity index (χ3n) is 6.78. The van der Waals surface area contributed by atoms with Gasteiger partial charge in [0.25, 0.3) is 0 Å². The van der Waals surface area contributed by atoms with Gasteiger partial charge in [-0.1, -0.05) is 118 Å². The Labute approximate surface area is 176 Å². The van der Waals surface area contributed by atoms with E-state index in [1.807, 2.05) is 0 Å². The quantitative estimate of drug-likeness (QED) is 0.393. The molecule has 0 heterocycles.